The van der Waals surface area contributed by atoms with Crippen LogP contribution >= 0.6 is 11.3 Å². The van der Waals surface area contributed by atoms with E-state index in [2.05, 4.69) is 20.7 Å². The van der Waals surface area contributed by atoms with Gasteiger partial charge in [0.05, 0.1) is 23.4 Å². The molecule has 0 saturated carbocycles. The third-order valence-corrected chi connectivity index (χ3v) is 7.25. The summed E-state index contributed by atoms with van der Waals surface area (Å²) in [5.74, 6) is -1.06. The second kappa shape index (κ2) is 8.67. The Morgan fingerprint density at radius 2 is 1.83 bits per heavy atom. The minimum absolute atomic E-state index is 0.0540. The summed E-state index contributed by atoms with van der Waals surface area (Å²) in [7, 11) is -2.02. The van der Waals surface area contributed by atoms with E-state index < -0.39 is 21.8 Å². The number of hydrazine groups is 1. The normalized spacial score (nSPS) is 11.2. The molecule has 0 radical (unpaired) electrons. The first-order valence-corrected chi connectivity index (χ1v) is 11.3. The largest absolute Gasteiger partial charge is 0.278 e. The summed E-state index contributed by atoms with van der Waals surface area (Å²) in [6.07, 6.45) is 0.0540. The zero-order chi connectivity index (χ0) is 21.9. The Morgan fingerprint density at radius 1 is 1.10 bits per heavy atom. The van der Waals surface area contributed by atoms with Gasteiger partial charge >= 0.3 is 0 Å². The molecule has 2 aromatic heterocycles. The molecule has 158 valence electrons. The molecule has 0 aliphatic carbocycles. The van der Waals surface area contributed by atoms with E-state index in [9.17, 15) is 18.0 Å². The quantitative estimate of drug-likeness (QED) is 0.498. The number of carbonyl (C=O) groups is 2. The van der Waals surface area contributed by atoms with Crippen LogP contribution in [0.2, 0.25) is 0 Å². The van der Waals surface area contributed by atoms with E-state index in [4.69, 9.17) is 0 Å². The van der Waals surface area contributed by atoms with Crippen molar-refractivity contribution in [3.05, 3.63) is 64.3 Å². The van der Waals surface area contributed by atoms with Gasteiger partial charge in [0, 0.05) is 18.3 Å². The fourth-order valence-corrected chi connectivity index (χ4v) is 4.93. The molecule has 3 aromatic rings. The van der Waals surface area contributed by atoms with Crippen LogP contribution in [-0.4, -0.2) is 30.0 Å². The number of para-hydroxylation sites is 1. The van der Waals surface area contributed by atoms with Crippen molar-refractivity contribution in [2.24, 2.45) is 7.05 Å². The van der Waals surface area contributed by atoms with E-state index in [1.165, 1.54) is 18.2 Å². The second-order valence-corrected chi connectivity index (χ2v) is 9.39. The highest BCUT2D eigenvalue weighted by atomic mass is 32.2. The fraction of sp³-hybridized carbons (Fsp3) is 0.211. The standard InChI is InChI=1S/C19H21N5O4S2/c1-12-15(13(2)24(3)22-12)11-17(25)20-21-19(26)14-7-4-5-8-16(14)23-30(27,28)18-9-6-10-29-18/h4-10,23H,11H2,1-3H3,(H,20,25)(H,21,26). The van der Waals surface area contributed by atoms with Crippen LogP contribution in [0.5, 0.6) is 0 Å². The second-order valence-electron chi connectivity index (χ2n) is 6.54. The van der Waals surface area contributed by atoms with Gasteiger partial charge in [-0.1, -0.05) is 18.2 Å². The summed E-state index contributed by atoms with van der Waals surface area (Å²) < 4.78 is 29.2. The number of sulfonamides is 1. The van der Waals surface area contributed by atoms with Crippen molar-refractivity contribution in [3.63, 3.8) is 0 Å². The van der Waals surface area contributed by atoms with Crippen LogP contribution < -0.4 is 15.6 Å². The molecule has 0 fully saturated rings. The Morgan fingerprint density at radius 3 is 2.47 bits per heavy atom. The van der Waals surface area contributed by atoms with E-state index in [0.717, 1.165) is 28.3 Å². The van der Waals surface area contributed by atoms with Gasteiger partial charge in [-0.3, -0.25) is 29.8 Å². The van der Waals surface area contributed by atoms with Gasteiger partial charge in [-0.2, -0.15) is 5.10 Å². The zero-order valence-electron chi connectivity index (χ0n) is 16.6. The summed E-state index contributed by atoms with van der Waals surface area (Å²) in [6.45, 7) is 3.67. The number of amides is 2. The molecule has 2 amide bonds. The van der Waals surface area contributed by atoms with Gasteiger partial charge in [0.1, 0.15) is 4.21 Å². The van der Waals surface area contributed by atoms with Gasteiger partial charge in [-0.05, 0) is 37.4 Å². The molecule has 0 aliphatic heterocycles. The van der Waals surface area contributed by atoms with Crippen LogP contribution in [0.15, 0.2) is 46.0 Å². The van der Waals surface area contributed by atoms with Crippen molar-refractivity contribution in [1.29, 1.82) is 0 Å². The van der Waals surface area contributed by atoms with Crippen molar-refractivity contribution in [2.75, 3.05) is 4.72 Å². The summed E-state index contributed by atoms with van der Waals surface area (Å²) >= 11 is 1.07. The van der Waals surface area contributed by atoms with Crippen molar-refractivity contribution in [1.82, 2.24) is 20.6 Å². The molecule has 3 rings (SSSR count). The summed E-state index contributed by atoms with van der Waals surface area (Å²) in [5.41, 5.74) is 7.26. The predicted octanol–water partition coefficient (Wildman–Crippen LogP) is 1.90. The van der Waals surface area contributed by atoms with Crippen LogP contribution in [0.1, 0.15) is 27.3 Å². The minimum Gasteiger partial charge on any atom is -0.278 e. The Kier molecular flexibility index (Phi) is 6.22. The third-order valence-electron chi connectivity index (χ3n) is 4.49. The van der Waals surface area contributed by atoms with Gasteiger partial charge in [0.15, 0.2) is 0 Å². The molecule has 0 bridgehead atoms. The first-order valence-electron chi connectivity index (χ1n) is 8.92. The number of hydrogen-bond donors (Lipinski definition) is 3. The molecule has 0 spiro atoms. The maximum absolute atomic E-state index is 12.6. The van der Waals surface area contributed by atoms with E-state index >= 15 is 0 Å². The highest BCUT2D eigenvalue weighted by molar-refractivity contribution is 7.94. The van der Waals surface area contributed by atoms with Crippen LogP contribution in [0.4, 0.5) is 5.69 Å². The van der Waals surface area contributed by atoms with Crippen molar-refractivity contribution in [2.45, 2.75) is 24.5 Å². The number of nitrogens with one attached hydrogen (secondary N) is 3. The lowest BCUT2D eigenvalue weighted by Crippen LogP contribution is -2.42. The molecule has 0 saturated heterocycles. The van der Waals surface area contributed by atoms with Crippen LogP contribution in [0.3, 0.4) is 0 Å². The van der Waals surface area contributed by atoms with Crippen LogP contribution in [0, 0.1) is 13.8 Å². The molecule has 11 heteroatoms. The monoisotopic (exact) mass is 447 g/mol. The molecular weight excluding hydrogens is 426 g/mol. The molecule has 1 aromatic carbocycles. The average molecular weight is 448 g/mol. The van der Waals surface area contributed by atoms with Gasteiger partial charge in [-0.15, -0.1) is 11.3 Å². The molecule has 0 atom stereocenters. The zero-order valence-corrected chi connectivity index (χ0v) is 18.2. The van der Waals surface area contributed by atoms with Gasteiger partial charge in [0.2, 0.25) is 5.91 Å². The lowest BCUT2D eigenvalue weighted by atomic mass is 10.1. The topological polar surface area (TPSA) is 122 Å². The van der Waals surface area contributed by atoms with E-state index in [-0.39, 0.29) is 21.9 Å². The Hall–Kier alpha value is -3.18. The number of benzene rings is 1. The number of carbonyl (C=O) groups excluding carboxylic acids is 2. The maximum atomic E-state index is 12.6. The lowest BCUT2D eigenvalue weighted by Gasteiger charge is -2.12. The average Bonchev–Trinajstić information content (AvgIpc) is 3.32. The Balaban J connectivity index is 1.68. The molecule has 9 nitrogen and oxygen atoms in total. The lowest BCUT2D eigenvalue weighted by molar-refractivity contribution is -0.121. The number of thiophene rings is 1. The number of anilines is 1. The van der Waals surface area contributed by atoms with E-state index in [1.807, 2.05) is 13.8 Å². The molecule has 30 heavy (non-hydrogen) atoms. The third kappa shape index (κ3) is 4.69. The molecule has 3 N–H and O–H groups in total. The van der Waals surface area contributed by atoms with Crippen LogP contribution in [0.25, 0.3) is 0 Å². The maximum Gasteiger partial charge on any atom is 0.271 e. The number of nitrogens with zero attached hydrogens (tertiary/aromatic N) is 2. The molecule has 2 heterocycles. The number of aryl methyl sites for hydroxylation is 2. The SMILES string of the molecule is Cc1nn(C)c(C)c1CC(=O)NNC(=O)c1ccccc1NS(=O)(=O)c1cccs1. The van der Waals surface area contributed by atoms with Crippen LogP contribution in [-0.2, 0) is 28.3 Å². The highest BCUT2D eigenvalue weighted by Gasteiger charge is 2.20. The predicted molar refractivity (Wildman–Crippen MR) is 114 cm³/mol. The minimum atomic E-state index is -3.81. The first kappa shape index (κ1) is 21.5. The summed E-state index contributed by atoms with van der Waals surface area (Å²) in [4.78, 5) is 24.8. The van der Waals surface area contributed by atoms with Gasteiger partial charge < -0.3 is 0 Å². The molecule has 0 aliphatic rings. The number of hydrogen-bond acceptors (Lipinski definition) is 6. The fourth-order valence-electron chi connectivity index (χ4n) is 2.85. The van der Waals surface area contributed by atoms with Crippen molar-refractivity contribution in [3.8, 4) is 0 Å². The first-order chi connectivity index (χ1) is 14.2. The van der Waals surface area contributed by atoms with E-state index in [0.29, 0.717) is 0 Å². The smallest absolute Gasteiger partial charge is 0.271 e. The van der Waals surface area contributed by atoms with Crippen molar-refractivity contribution < 1.29 is 18.0 Å². The molecular formula is C19H21N5O4S2. The summed E-state index contributed by atoms with van der Waals surface area (Å²) in [6, 6.07) is 9.24. The van der Waals surface area contributed by atoms with Gasteiger partial charge in [-0.25, -0.2) is 8.42 Å². The Labute approximate surface area is 178 Å². The van der Waals surface area contributed by atoms with E-state index in [1.54, 1.807) is 35.3 Å². The number of rotatable bonds is 6. The summed E-state index contributed by atoms with van der Waals surface area (Å²) in [5, 5.41) is 5.91. The van der Waals surface area contributed by atoms with Gasteiger partial charge in [0.25, 0.3) is 15.9 Å². The highest BCUT2D eigenvalue weighted by Crippen LogP contribution is 2.22. The van der Waals surface area contributed by atoms with Crippen molar-refractivity contribution >= 4 is 38.9 Å². The Bertz CT molecular complexity index is 1180. The molecule has 0 unspecified atom stereocenters. The number of aromatic nitrogens is 2.